The van der Waals surface area contributed by atoms with Crippen LogP contribution in [-0.4, -0.2) is 29.9 Å². The molecule has 1 amide bonds. The van der Waals surface area contributed by atoms with E-state index in [9.17, 15) is 4.79 Å². The molecule has 0 aliphatic carbocycles. The van der Waals surface area contributed by atoms with Gasteiger partial charge in [-0.05, 0) is 35.4 Å². The summed E-state index contributed by atoms with van der Waals surface area (Å²) in [7, 11) is 0. The Balaban J connectivity index is 1.72. The Hall–Kier alpha value is -1.69. The van der Waals surface area contributed by atoms with Gasteiger partial charge in [-0.3, -0.25) is 9.69 Å². The molecule has 2 unspecified atom stereocenters. The lowest BCUT2D eigenvalue weighted by atomic mass is 10.0. The summed E-state index contributed by atoms with van der Waals surface area (Å²) in [6.07, 6.45) is 2.73. The molecule has 3 N–H and O–H groups in total. The summed E-state index contributed by atoms with van der Waals surface area (Å²) in [5.41, 5.74) is 8.62. The first kappa shape index (κ1) is 18.1. The number of fused-ring (bicyclic) bond motifs is 1. The number of nitrogens with two attached hydrogens (primary N) is 1. The Morgan fingerprint density at radius 2 is 2.12 bits per heavy atom. The van der Waals surface area contributed by atoms with Crippen LogP contribution in [0.25, 0.3) is 0 Å². The molecule has 2 aromatic rings. The Morgan fingerprint density at radius 1 is 1.32 bits per heavy atom. The summed E-state index contributed by atoms with van der Waals surface area (Å²) in [6, 6.07) is 12.4. The van der Waals surface area contributed by atoms with Crippen molar-refractivity contribution in [2.24, 2.45) is 5.73 Å². The molecule has 25 heavy (non-hydrogen) atoms. The zero-order chi connectivity index (χ0) is 17.6. The molecule has 2 heterocycles. The molecule has 0 saturated carbocycles. The van der Waals surface area contributed by atoms with Gasteiger partial charge in [0, 0.05) is 24.5 Å². The fourth-order valence-electron chi connectivity index (χ4n) is 3.44. The van der Waals surface area contributed by atoms with Crippen molar-refractivity contribution in [1.82, 2.24) is 10.2 Å². The van der Waals surface area contributed by atoms with Crippen LogP contribution in [0.4, 0.5) is 0 Å². The number of thiophene rings is 1. The van der Waals surface area contributed by atoms with Gasteiger partial charge < -0.3 is 11.1 Å². The fourth-order valence-corrected chi connectivity index (χ4v) is 4.33. The van der Waals surface area contributed by atoms with Crippen LogP contribution in [0.3, 0.4) is 0 Å². The quantitative estimate of drug-likeness (QED) is 0.800. The molecule has 134 valence electrons. The summed E-state index contributed by atoms with van der Waals surface area (Å²) in [6.45, 7) is 4.60. The number of nitrogens with one attached hydrogen (secondary N) is 1. The minimum atomic E-state index is -0.411. The Bertz CT molecular complexity index is 685. The molecule has 0 fully saturated rings. The highest BCUT2D eigenvalue weighted by Crippen LogP contribution is 2.30. The Kier molecular flexibility index (Phi) is 6.24. The van der Waals surface area contributed by atoms with E-state index in [1.807, 2.05) is 24.3 Å². The number of nitrogens with zero attached hydrogens (tertiary/aromatic N) is 1. The van der Waals surface area contributed by atoms with Crippen molar-refractivity contribution in [1.29, 1.82) is 0 Å². The first-order chi connectivity index (χ1) is 12.2. The number of benzene rings is 1. The zero-order valence-electron chi connectivity index (χ0n) is 14.8. The van der Waals surface area contributed by atoms with Crippen molar-refractivity contribution in [2.75, 3.05) is 13.1 Å². The number of amides is 1. The van der Waals surface area contributed by atoms with Crippen LogP contribution < -0.4 is 11.1 Å². The molecule has 1 aromatic heterocycles. The molecule has 4 nitrogen and oxygen atoms in total. The third-order valence-corrected chi connectivity index (χ3v) is 5.89. The van der Waals surface area contributed by atoms with Crippen molar-refractivity contribution < 1.29 is 4.79 Å². The van der Waals surface area contributed by atoms with Crippen LogP contribution >= 0.6 is 11.3 Å². The first-order valence-electron chi connectivity index (χ1n) is 9.06. The second-order valence-corrected chi connectivity index (χ2v) is 7.66. The highest BCUT2D eigenvalue weighted by atomic mass is 32.1. The van der Waals surface area contributed by atoms with Crippen LogP contribution in [0.15, 0.2) is 41.8 Å². The molecule has 0 radical (unpaired) electrons. The standard InChI is InChI=1S/C20H27N3OS/c1-2-6-17(21)20(24)22-13-18(15-7-4-3-5-8-15)23-11-9-19-16(14-23)10-12-25-19/h3-5,7-8,10,12,17-18H,2,6,9,11,13-14,21H2,1H3,(H,22,24). The molecule has 0 spiro atoms. The molecule has 1 aliphatic heterocycles. The lowest BCUT2D eigenvalue weighted by molar-refractivity contribution is -0.122. The van der Waals surface area contributed by atoms with E-state index in [2.05, 4.69) is 45.9 Å². The van der Waals surface area contributed by atoms with Crippen LogP contribution in [0.1, 0.15) is 41.8 Å². The van der Waals surface area contributed by atoms with Gasteiger partial charge in [0.1, 0.15) is 0 Å². The summed E-state index contributed by atoms with van der Waals surface area (Å²) < 4.78 is 0. The predicted octanol–water partition coefficient (Wildman–Crippen LogP) is 3.09. The van der Waals surface area contributed by atoms with E-state index in [1.165, 1.54) is 16.0 Å². The third kappa shape index (κ3) is 4.48. The monoisotopic (exact) mass is 357 g/mol. The maximum Gasteiger partial charge on any atom is 0.236 e. The van der Waals surface area contributed by atoms with Gasteiger partial charge in [0.2, 0.25) is 5.91 Å². The van der Waals surface area contributed by atoms with Crippen molar-refractivity contribution in [3.63, 3.8) is 0 Å². The third-order valence-electron chi connectivity index (χ3n) is 4.87. The Morgan fingerprint density at radius 3 is 2.88 bits per heavy atom. The molecule has 0 saturated heterocycles. The van der Waals surface area contributed by atoms with E-state index < -0.39 is 6.04 Å². The predicted molar refractivity (Wildman–Crippen MR) is 104 cm³/mol. The topological polar surface area (TPSA) is 58.4 Å². The summed E-state index contributed by atoms with van der Waals surface area (Å²) in [4.78, 5) is 16.2. The molecule has 0 bridgehead atoms. The lowest BCUT2D eigenvalue weighted by Crippen LogP contribution is -2.45. The number of carbonyl (C=O) groups excluding carboxylic acids is 1. The van der Waals surface area contributed by atoms with Gasteiger partial charge in [-0.1, -0.05) is 43.7 Å². The molecule has 2 atom stereocenters. The lowest BCUT2D eigenvalue weighted by Gasteiger charge is -2.35. The first-order valence-corrected chi connectivity index (χ1v) is 9.94. The number of hydrogen-bond acceptors (Lipinski definition) is 4. The van der Waals surface area contributed by atoms with Crippen LogP contribution in [0.5, 0.6) is 0 Å². The summed E-state index contributed by atoms with van der Waals surface area (Å²) >= 11 is 1.85. The maximum atomic E-state index is 12.3. The molecule has 5 heteroatoms. The average molecular weight is 358 g/mol. The SMILES string of the molecule is CCCC(N)C(=O)NCC(c1ccccc1)N1CCc2sccc2C1. The van der Waals surface area contributed by atoms with Gasteiger partial charge >= 0.3 is 0 Å². The molecule has 1 aliphatic rings. The van der Waals surface area contributed by atoms with Gasteiger partial charge in [-0.15, -0.1) is 11.3 Å². The Labute approximate surface area is 154 Å². The van der Waals surface area contributed by atoms with E-state index in [0.29, 0.717) is 6.54 Å². The van der Waals surface area contributed by atoms with Crippen LogP contribution in [-0.2, 0) is 17.8 Å². The zero-order valence-corrected chi connectivity index (χ0v) is 15.6. The minimum absolute atomic E-state index is 0.0454. The van der Waals surface area contributed by atoms with Crippen LogP contribution in [0.2, 0.25) is 0 Å². The van der Waals surface area contributed by atoms with E-state index in [0.717, 1.165) is 32.4 Å². The molecule has 1 aromatic carbocycles. The highest BCUT2D eigenvalue weighted by molar-refractivity contribution is 7.10. The summed E-state index contributed by atoms with van der Waals surface area (Å²) in [5.74, 6) is -0.0454. The van der Waals surface area contributed by atoms with Crippen molar-refractivity contribution in [3.8, 4) is 0 Å². The van der Waals surface area contributed by atoms with Gasteiger partial charge in [-0.2, -0.15) is 0 Å². The summed E-state index contributed by atoms with van der Waals surface area (Å²) in [5, 5.41) is 5.26. The average Bonchev–Trinajstić information content (AvgIpc) is 3.10. The number of rotatable bonds is 7. The highest BCUT2D eigenvalue weighted by Gasteiger charge is 2.26. The molecule has 3 rings (SSSR count). The van der Waals surface area contributed by atoms with E-state index in [1.54, 1.807) is 0 Å². The van der Waals surface area contributed by atoms with Gasteiger partial charge in [-0.25, -0.2) is 0 Å². The van der Waals surface area contributed by atoms with Crippen molar-refractivity contribution in [3.05, 3.63) is 57.8 Å². The van der Waals surface area contributed by atoms with Crippen molar-refractivity contribution >= 4 is 17.2 Å². The van der Waals surface area contributed by atoms with Crippen molar-refractivity contribution in [2.45, 2.75) is 44.8 Å². The van der Waals surface area contributed by atoms with Gasteiger partial charge in [0.05, 0.1) is 12.1 Å². The van der Waals surface area contributed by atoms with E-state index in [-0.39, 0.29) is 11.9 Å². The minimum Gasteiger partial charge on any atom is -0.353 e. The number of carbonyl (C=O) groups is 1. The van der Waals surface area contributed by atoms with Gasteiger partial charge in [0.15, 0.2) is 0 Å². The molecular formula is C20H27N3OS. The fraction of sp³-hybridized carbons (Fsp3) is 0.450. The van der Waals surface area contributed by atoms with Crippen LogP contribution in [0, 0.1) is 0 Å². The van der Waals surface area contributed by atoms with E-state index in [4.69, 9.17) is 5.73 Å². The number of hydrogen-bond donors (Lipinski definition) is 2. The second-order valence-electron chi connectivity index (χ2n) is 6.66. The maximum absolute atomic E-state index is 12.3. The van der Waals surface area contributed by atoms with Gasteiger partial charge in [0.25, 0.3) is 0 Å². The smallest absolute Gasteiger partial charge is 0.236 e. The normalized spacial score (nSPS) is 16.9. The largest absolute Gasteiger partial charge is 0.353 e. The van der Waals surface area contributed by atoms with E-state index >= 15 is 0 Å². The second kappa shape index (κ2) is 8.61. The molecular weight excluding hydrogens is 330 g/mol.